The number of carboxylic acid groups (broad SMARTS) is 1. The smallest absolute Gasteiger partial charge is 0.305 e. The van der Waals surface area contributed by atoms with Crippen molar-refractivity contribution in [3.63, 3.8) is 0 Å². The minimum absolute atomic E-state index is 0.0556. The van der Waals surface area contributed by atoms with Gasteiger partial charge in [0.25, 0.3) is 0 Å². The molecule has 2 N–H and O–H groups in total. The summed E-state index contributed by atoms with van der Waals surface area (Å²) in [5, 5.41) is 11.8. The van der Waals surface area contributed by atoms with E-state index in [1.165, 1.54) is 19.2 Å². The number of methoxy groups -OCH3 is 1. The summed E-state index contributed by atoms with van der Waals surface area (Å²) in [6.45, 7) is 0. The molecule has 2 aromatic rings. The Morgan fingerprint density at radius 3 is 2.46 bits per heavy atom. The van der Waals surface area contributed by atoms with Crippen LogP contribution < -0.4 is 10.1 Å². The van der Waals surface area contributed by atoms with Crippen molar-refractivity contribution in [1.82, 2.24) is 5.32 Å². The van der Waals surface area contributed by atoms with Crippen molar-refractivity contribution in [3.05, 3.63) is 59.4 Å². The van der Waals surface area contributed by atoms with E-state index in [-0.39, 0.29) is 24.5 Å². The number of hydrogen-bond donors (Lipinski definition) is 2. The zero-order chi connectivity index (χ0) is 19.1. The molecule has 26 heavy (non-hydrogen) atoms. The standard InChI is InChI=1S/C19H20FNO4S/c1-25-17-8-3-12(9-15(17)20)10-18(22)21-16(11-19(23)24)13-4-6-14(26-2)7-5-13/h3-9,16H,10-11H2,1-2H3,(H,21,22)(H,23,24). The third-order valence-electron chi connectivity index (χ3n) is 3.81. The van der Waals surface area contributed by atoms with Gasteiger partial charge in [-0.3, -0.25) is 9.59 Å². The molecular weight excluding hydrogens is 357 g/mol. The molecule has 0 radical (unpaired) electrons. The quantitative estimate of drug-likeness (QED) is 0.690. The molecule has 0 fully saturated rings. The largest absolute Gasteiger partial charge is 0.494 e. The van der Waals surface area contributed by atoms with E-state index in [9.17, 15) is 14.0 Å². The van der Waals surface area contributed by atoms with Crippen LogP contribution in [0.3, 0.4) is 0 Å². The van der Waals surface area contributed by atoms with Crippen LogP contribution in [-0.2, 0) is 16.0 Å². The molecule has 0 bridgehead atoms. The number of ether oxygens (including phenoxy) is 1. The van der Waals surface area contributed by atoms with Gasteiger partial charge in [0.05, 0.1) is 26.0 Å². The fourth-order valence-electron chi connectivity index (χ4n) is 2.51. The van der Waals surface area contributed by atoms with Crippen LogP contribution in [0.1, 0.15) is 23.6 Å². The number of halogens is 1. The van der Waals surface area contributed by atoms with Gasteiger partial charge in [-0.05, 0) is 41.6 Å². The maximum absolute atomic E-state index is 13.7. The van der Waals surface area contributed by atoms with E-state index in [4.69, 9.17) is 9.84 Å². The fourth-order valence-corrected chi connectivity index (χ4v) is 2.92. The first-order chi connectivity index (χ1) is 12.4. The Balaban J connectivity index is 2.10. The van der Waals surface area contributed by atoms with Crippen LogP contribution in [0, 0.1) is 5.82 Å². The van der Waals surface area contributed by atoms with E-state index in [1.807, 2.05) is 18.4 Å². The zero-order valence-electron chi connectivity index (χ0n) is 14.5. The average Bonchev–Trinajstić information content (AvgIpc) is 2.61. The van der Waals surface area contributed by atoms with Crippen molar-refractivity contribution in [3.8, 4) is 5.75 Å². The third kappa shape index (κ3) is 5.49. The highest BCUT2D eigenvalue weighted by Gasteiger charge is 2.18. The van der Waals surface area contributed by atoms with Crippen molar-refractivity contribution in [2.75, 3.05) is 13.4 Å². The summed E-state index contributed by atoms with van der Waals surface area (Å²) in [6, 6.07) is 11.0. The number of amides is 1. The van der Waals surface area contributed by atoms with Gasteiger partial charge >= 0.3 is 5.97 Å². The summed E-state index contributed by atoms with van der Waals surface area (Å²) >= 11 is 1.57. The second kappa shape index (κ2) is 9.24. The van der Waals surface area contributed by atoms with Crippen molar-refractivity contribution in [1.29, 1.82) is 0 Å². The summed E-state index contributed by atoms with van der Waals surface area (Å²) in [6.07, 6.45) is 1.65. The van der Waals surface area contributed by atoms with E-state index in [0.717, 1.165) is 4.90 Å². The molecule has 0 spiro atoms. The lowest BCUT2D eigenvalue weighted by Crippen LogP contribution is -2.31. The summed E-state index contributed by atoms with van der Waals surface area (Å²) < 4.78 is 18.6. The van der Waals surface area contributed by atoms with Crippen molar-refractivity contribution in [2.24, 2.45) is 0 Å². The Morgan fingerprint density at radius 1 is 1.23 bits per heavy atom. The second-order valence-corrected chi connectivity index (χ2v) is 6.52. The lowest BCUT2D eigenvalue weighted by atomic mass is 10.0. The first-order valence-corrected chi connectivity index (χ1v) is 9.13. The van der Waals surface area contributed by atoms with E-state index < -0.39 is 17.8 Å². The Kier molecular flexibility index (Phi) is 7.03. The Labute approximate surface area is 155 Å². The number of thioether (sulfide) groups is 1. The van der Waals surface area contributed by atoms with Gasteiger partial charge < -0.3 is 15.2 Å². The molecule has 0 heterocycles. The van der Waals surface area contributed by atoms with Crippen LogP contribution in [0.15, 0.2) is 47.4 Å². The van der Waals surface area contributed by atoms with Gasteiger partial charge in [0.15, 0.2) is 11.6 Å². The normalized spacial score (nSPS) is 11.7. The van der Waals surface area contributed by atoms with E-state index >= 15 is 0 Å². The number of benzene rings is 2. The average molecular weight is 377 g/mol. The van der Waals surface area contributed by atoms with Crippen LogP contribution in [0.5, 0.6) is 5.75 Å². The van der Waals surface area contributed by atoms with Gasteiger partial charge in [-0.25, -0.2) is 4.39 Å². The maximum atomic E-state index is 13.7. The number of carbonyl (C=O) groups excluding carboxylic acids is 1. The number of nitrogens with one attached hydrogen (secondary N) is 1. The molecule has 1 unspecified atom stereocenters. The van der Waals surface area contributed by atoms with Gasteiger partial charge in [-0.2, -0.15) is 0 Å². The molecular formula is C19H20FNO4S. The molecule has 0 aromatic heterocycles. The van der Waals surface area contributed by atoms with Gasteiger partial charge in [-0.15, -0.1) is 11.8 Å². The molecule has 1 atom stereocenters. The number of hydrogen-bond acceptors (Lipinski definition) is 4. The molecule has 0 saturated heterocycles. The lowest BCUT2D eigenvalue weighted by molar-refractivity contribution is -0.137. The Morgan fingerprint density at radius 2 is 1.92 bits per heavy atom. The minimum atomic E-state index is -1.01. The molecule has 2 rings (SSSR count). The molecule has 7 heteroatoms. The number of carbonyl (C=O) groups is 2. The first-order valence-electron chi connectivity index (χ1n) is 7.90. The first kappa shape index (κ1) is 19.8. The maximum Gasteiger partial charge on any atom is 0.305 e. The summed E-state index contributed by atoms with van der Waals surface area (Å²) in [5.74, 6) is -1.84. The predicted octanol–water partition coefficient (Wildman–Crippen LogP) is 3.43. The molecule has 0 aliphatic rings. The van der Waals surface area contributed by atoms with Crippen LogP contribution in [-0.4, -0.2) is 30.3 Å². The highest BCUT2D eigenvalue weighted by atomic mass is 32.2. The molecule has 0 saturated carbocycles. The highest BCUT2D eigenvalue weighted by Crippen LogP contribution is 2.22. The Hall–Kier alpha value is -2.54. The third-order valence-corrected chi connectivity index (χ3v) is 4.56. The summed E-state index contributed by atoms with van der Waals surface area (Å²) in [5.41, 5.74) is 1.19. The minimum Gasteiger partial charge on any atom is -0.494 e. The summed E-state index contributed by atoms with van der Waals surface area (Å²) in [7, 11) is 1.36. The monoisotopic (exact) mass is 377 g/mol. The number of carboxylic acids is 1. The summed E-state index contributed by atoms with van der Waals surface area (Å²) in [4.78, 5) is 24.5. The highest BCUT2D eigenvalue weighted by molar-refractivity contribution is 7.98. The van der Waals surface area contributed by atoms with Gasteiger partial charge in [0.1, 0.15) is 0 Å². The number of aliphatic carboxylic acids is 1. The number of rotatable bonds is 8. The predicted molar refractivity (Wildman–Crippen MR) is 98.0 cm³/mol. The van der Waals surface area contributed by atoms with Crippen molar-refractivity contribution in [2.45, 2.75) is 23.8 Å². The van der Waals surface area contributed by atoms with Crippen LogP contribution in [0.25, 0.3) is 0 Å². The Bertz CT molecular complexity index is 780. The van der Waals surface area contributed by atoms with Gasteiger partial charge in [0, 0.05) is 4.90 Å². The molecule has 2 aromatic carbocycles. The molecule has 5 nitrogen and oxygen atoms in total. The SMILES string of the molecule is COc1ccc(CC(=O)NC(CC(=O)O)c2ccc(SC)cc2)cc1F. The van der Waals surface area contributed by atoms with Crippen LogP contribution in [0.4, 0.5) is 4.39 Å². The van der Waals surface area contributed by atoms with Gasteiger partial charge in [-0.1, -0.05) is 18.2 Å². The van der Waals surface area contributed by atoms with E-state index in [2.05, 4.69) is 5.32 Å². The fraction of sp³-hybridized carbons (Fsp3) is 0.263. The molecule has 1 amide bonds. The molecule has 0 aliphatic carbocycles. The van der Waals surface area contributed by atoms with E-state index in [1.54, 1.807) is 30.0 Å². The second-order valence-electron chi connectivity index (χ2n) is 5.64. The van der Waals surface area contributed by atoms with Gasteiger partial charge in [0.2, 0.25) is 5.91 Å². The zero-order valence-corrected chi connectivity index (χ0v) is 15.3. The van der Waals surface area contributed by atoms with Crippen LogP contribution in [0.2, 0.25) is 0 Å². The van der Waals surface area contributed by atoms with Crippen molar-refractivity contribution < 1.29 is 23.8 Å². The lowest BCUT2D eigenvalue weighted by Gasteiger charge is -2.18. The van der Waals surface area contributed by atoms with E-state index in [0.29, 0.717) is 11.1 Å². The van der Waals surface area contributed by atoms with Crippen molar-refractivity contribution >= 4 is 23.6 Å². The topological polar surface area (TPSA) is 75.6 Å². The molecule has 138 valence electrons. The molecule has 0 aliphatic heterocycles. The van der Waals surface area contributed by atoms with Crippen LogP contribution >= 0.6 is 11.8 Å².